The van der Waals surface area contributed by atoms with Gasteiger partial charge in [-0.15, -0.1) is 0 Å². The van der Waals surface area contributed by atoms with Crippen LogP contribution in [0.3, 0.4) is 0 Å². The maximum absolute atomic E-state index is 14.2. The number of carbonyl (C=O) groups excluding carboxylic acids is 5. The van der Waals surface area contributed by atoms with Crippen molar-refractivity contribution in [3.05, 3.63) is 71.8 Å². The second-order valence-corrected chi connectivity index (χ2v) is 15.7. The van der Waals surface area contributed by atoms with E-state index in [1.165, 1.54) is 0 Å². The summed E-state index contributed by atoms with van der Waals surface area (Å²) in [7, 11) is 0. The van der Waals surface area contributed by atoms with Crippen LogP contribution in [-0.4, -0.2) is 91.2 Å². The SMILES string of the molecule is CC(C)C[C@H](NC(=O)[C@H](CCc1ccccc1)CC(=O)CN1CCOCC1)C(=O)C[C@@H](Cc1ccccc1)C(=O)N[C@@H](CC(C)C)C(=O)[C@]1(C)CO1.S.S.S.S.S. The molecule has 0 saturated carbocycles. The van der Waals surface area contributed by atoms with Gasteiger partial charge in [-0.2, -0.15) is 67.5 Å². The summed E-state index contributed by atoms with van der Waals surface area (Å²) in [6, 6.07) is 17.8. The van der Waals surface area contributed by atoms with Gasteiger partial charge in [0.05, 0.1) is 38.4 Å². The number of epoxide rings is 1. The van der Waals surface area contributed by atoms with Gasteiger partial charge >= 0.3 is 0 Å². The Labute approximate surface area is 375 Å². The average Bonchev–Trinajstić information content (AvgIpc) is 3.87. The highest BCUT2D eigenvalue weighted by Crippen LogP contribution is 2.30. The van der Waals surface area contributed by atoms with Gasteiger partial charge in [0, 0.05) is 37.8 Å². The second kappa shape index (κ2) is 28.5. The average molecular weight is 888 g/mol. The fourth-order valence-electron chi connectivity index (χ4n) is 6.84. The van der Waals surface area contributed by atoms with Crippen molar-refractivity contribution < 1.29 is 33.4 Å². The molecular formula is C42H69N3O7S5. The van der Waals surface area contributed by atoms with E-state index in [9.17, 15) is 24.0 Å². The van der Waals surface area contributed by atoms with Crippen LogP contribution in [0.1, 0.15) is 77.8 Å². The third kappa shape index (κ3) is 19.8. The number of ketones is 3. The summed E-state index contributed by atoms with van der Waals surface area (Å²) in [5.41, 5.74) is 1.07. The summed E-state index contributed by atoms with van der Waals surface area (Å²) < 4.78 is 10.9. The predicted molar refractivity (Wildman–Crippen MR) is 252 cm³/mol. The molecule has 2 aromatic carbocycles. The number of nitrogens with one attached hydrogen (secondary N) is 2. The van der Waals surface area contributed by atoms with Crippen LogP contribution in [0.25, 0.3) is 0 Å². The molecule has 0 unspecified atom stereocenters. The van der Waals surface area contributed by atoms with Gasteiger partial charge in [0.15, 0.2) is 11.6 Å². The second-order valence-electron chi connectivity index (χ2n) is 15.7. The molecule has 2 aliphatic rings. The number of ether oxygens (including phenoxy) is 2. The van der Waals surface area contributed by atoms with E-state index in [1.807, 2.05) is 88.4 Å². The summed E-state index contributed by atoms with van der Waals surface area (Å²) in [6.07, 6.45) is 2.18. The maximum Gasteiger partial charge on any atom is 0.224 e. The van der Waals surface area contributed by atoms with Gasteiger partial charge in [-0.25, -0.2) is 0 Å². The minimum absolute atomic E-state index is 0. The van der Waals surface area contributed by atoms with Crippen LogP contribution >= 0.6 is 67.5 Å². The van der Waals surface area contributed by atoms with Crippen molar-refractivity contribution in [3.63, 3.8) is 0 Å². The quantitative estimate of drug-likeness (QED) is 0.152. The van der Waals surface area contributed by atoms with E-state index in [2.05, 4.69) is 15.5 Å². The van der Waals surface area contributed by atoms with Gasteiger partial charge in [0.25, 0.3) is 0 Å². The highest BCUT2D eigenvalue weighted by Gasteiger charge is 2.50. The predicted octanol–water partition coefficient (Wildman–Crippen LogP) is 5.33. The fourth-order valence-corrected chi connectivity index (χ4v) is 6.84. The summed E-state index contributed by atoms with van der Waals surface area (Å²) in [5.74, 6) is -2.27. The van der Waals surface area contributed by atoms with E-state index < -0.39 is 29.5 Å². The first kappa shape index (κ1) is 57.1. The molecule has 0 spiro atoms. The van der Waals surface area contributed by atoms with E-state index in [0.29, 0.717) is 65.0 Å². The lowest BCUT2D eigenvalue weighted by Crippen LogP contribution is -2.50. The monoisotopic (exact) mass is 887 g/mol. The molecule has 2 fully saturated rings. The van der Waals surface area contributed by atoms with E-state index in [4.69, 9.17) is 9.47 Å². The first-order valence-corrected chi connectivity index (χ1v) is 19.0. The van der Waals surface area contributed by atoms with Crippen LogP contribution in [0.5, 0.6) is 0 Å². The smallest absolute Gasteiger partial charge is 0.224 e. The summed E-state index contributed by atoms with van der Waals surface area (Å²) in [4.78, 5) is 71.0. The van der Waals surface area contributed by atoms with E-state index in [0.717, 1.165) is 11.1 Å². The van der Waals surface area contributed by atoms with Gasteiger partial charge in [-0.3, -0.25) is 28.9 Å². The van der Waals surface area contributed by atoms with Gasteiger partial charge in [-0.1, -0.05) is 88.4 Å². The molecule has 57 heavy (non-hydrogen) atoms. The topological polar surface area (TPSA) is 134 Å². The van der Waals surface area contributed by atoms with Crippen LogP contribution in [0.4, 0.5) is 0 Å². The van der Waals surface area contributed by atoms with E-state index in [1.54, 1.807) is 6.92 Å². The molecule has 10 nitrogen and oxygen atoms in total. The molecule has 0 radical (unpaired) electrons. The molecule has 2 aromatic rings. The number of benzene rings is 2. The van der Waals surface area contributed by atoms with Crippen LogP contribution in [-0.2, 0) is 46.3 Å². The van der Waals surface area contributed by atoms with Gasteiger partial charge in [0.1, 0.15) is 11.4 Å². The van der Waals surface area contributed by atoms with Crippen molar-refractivity contribution in [1.82, 2.24) is 15.5 Å². The summed E-state index contributed by atoms with van der Waals surface area (Å²) in [5, 5.41) is 6.03. The number of Topliss-reactive ketones (excluding diaryl/α,β-unsaturated/α-hetero) is 3. The number of nitrogens with zero attached hydrogens (tertiary/aromatic N) is 1. The number of morpholine rings is 1. The zero-order chi connectivity index (χ0) is 37.7. The van der Waals surface area contributed by atoms with Crippen molar-refractivity contribution >= 4 is 96.6 Å². The molecule has 2 amide bonds. The van der Waals surface area contributed by atoms with Crippen molar-refractivity contribution in [3.8, 4) is 0 Å². The molecule has 2 heterocycles. The Balaban J connectivity index is 0. The van der Waals surface area contributed by atoms with Gasteiger partial charge in [-0.05, 0) is 62.0 Å². The maximum atomic E-state index is 14.2. The Morgan fingerprint density at radius 1 is 0.702 bits per heavy atom. The molecular weight excluding hydrogens is 819 g/mol. The molecule has 2 aliphatic heterocycles. The molecule has 0 bridgehead atoms. The number of aryl methyl sites for hydroxylation is 1. The number of hydrogen-bond acceptors (Lipinski definition) is 8. The normalized spacial score (nSPS) is 18.0. The third-order valence-corrected chi connectivity index (χ3v) is 9.97. The molecule has 2 saturated heterocycles. The highest BCUT2D eigenvalue weighted by molar-refractivity contribution is 7.60. The lowest BCUT2D eigenvalue weighted by molar-refractivity contribution is -0.136. The molecule has 0 aromatic heterocycles. The highest BCUT2D eigenvalue weighted by atomic mass is 32.1. The molecule has 15 heteroatoms. The van der Waals surface area contributed by atoms with Crippen LogP contribution in [0.2, 0.25) is 0 Å². The van der Waals surface area contributed by atoms with Gasteiger partial charge < -0.3 is 20.1 Å². The molecule has 4 rings (SSSR count). The molecule has 0 aliphatic carbocycles. The molecule has 324 valence electrons. The van der Waals surface area contributed by atoms with Crippen molar-refractivity contribution in [2.24, 2.45) is 23.7 Å². The fraction of sp³-hybridized carbons (Fsp3) is 0.595. The lowest BCUT2D eigenvalue weighted by atomic mass is 9.87. The Morgan fingerprint density at radius 3 is 1.72 bits per heavy atom. The van der Waals surface area contributed by atoms with Crippen LogP contribution in [0, 0.1) is 23.7 Å². The summed E-state index contributed by atoms with van der Waals surface area (Å²) >= 11 is 0. The molecule has 2 N–H and O–H groups in total. The first-order valence-electron chi connectivity index (χ1n) is 19.0. The first-order chi connectivity index (χ1) is 24.8. The van der Waals surface area contributed by atoms with E-state index >= 15 is 0 Å². The zero-order valence-electron chi connectivity index (χ0n) is 34.2. The Hall–Kier alpha value is -1.98. The van der Waals surface area contributed by atoms with E-state index in [-0.39, 0.29) is 128 Å². The lowest BCUT2D eigenvalue weighted by Gasteiger charge is -2.28. The summed E-state index contributed by atoms with van der Waals surface area (Å²) in [6.45, 7) is 12.8. The number of rotatable bonds is 22. The van der Waals surface area contributed by atoms with Crippen molar-refractivity contribution in [1.29, 1.82) is 0 Å². The van der Waals surface area contributed by atoms with Crippen LogP contribution in [0.15, 0.2) is 60.7 Å². The standard InChI is InChI=1S/C42H59N3O7.5H2S/c1-29(2)22-36(43-40(49)33(17-16-31-12-8-6-9-13-31)25-35(46)27-45-18-20-51-21-19-45)38(47)26-34(24-32-14-10-7-11-15-32)41(50)44-37(23-30(3)4)39(48)42(5)28-52-42;;;;;/h6-15,29-30,33-34,36-37H,16-28H2,1-5H3,(H,43,49)(H,44,50);5*1H2/t33-,34-,36+,37+,42+;;;;;/m1...../s1. The van der Waals surface area contributed by atoms with Crippen LogP contribution < -0.4 is 10.6 Å². The Bertz CT molecular complexity index is 1490. The number of carbonyl (C=O) groups is 5. The zero-order valence-corrected chi connectivity index (χ0v) is 39.2. The number of hydrogen-bond donors (Lipinski definition) is 2. The Morgan fingerprint density at radius 2 is 1.19 bits per heavy atom. The van der Waals surface area contributed by atoms with Crippen molar-refractivity contribution in [2.45, 2.75) is 97.2 Å². The largest absolute Gasteiger partial charge is 0.379 e. The minimum Gasteiger partial charge on any atom is -0.379 e. The third-order valence-electron chi connectivity index (χ3n) is 9.97. The Kier molecular flexibility index (Phi) is 28.5. The minimum atomic E-state index is -0.898. The molecule has 5 atom stereocenters. The van der Waals surface area contributed by atoms with Crippen molar-refractivity contribution in [2.75, 3.05) is 39.5 Å². The van der Waals surface area contributed by atoms with Gasteiger partial charge in [0.2, 0.25) is 11.8 Å². The number of amides is 2.